The van der Waals surface area contributed by atoms with Crippen LogP contribution in [-0.4, -0.2) is 25.8 Å². The van der Waals surface area contributed by atoms with E-state index in [9.17, 15) is 0 Å². The number of hydrogen-bond acceptors (Lipinski definition) is 2. The molecule has 0 rings (SSSR count). The van der Waals surface area contributed by atoms with Crippen LogP contribution < -0.4 is 5.32 Å². The molecule has 0 aromatic heterocycles. The number of rotatable bonds is 8. The highest BCUT2D eigenvalue weighted by molar-refractivity contribution is 4.65. The topological polar surface area (TPSA) is 21.3 Å². The maximum atomic E-state index is 5.62. The molecule has 2 atom stereocenters. The smallest absolute Gasteiger partial charge is 0.0519 e. The first-order chi connectivity index (χ1) is 6.93. The van der Waals surface area contributed by atoms with Crippen molar-refractivity contribution in [3.63, 3.8) is 0 Å². The molecule has 0 spiro atoms. The number of ether oxygens (including phenoxy) is 1. The summed E-state index contributed by atoms with van der Waals surface area (Å²) in [5.41, 5.74) is 0. The van der Waals surface area contributed by atoms with Gasteiger partial charge in [-0.05, 0) is 44.7 Å². The fourth-order valence-corrected chi connectivity index (χ4v) is 1.31. The van der Waals surface area contributed by atoms with E-state index in [0.29, 0.717) is 17.9 Å². The minimum Gasteiger partial charge on any atom is -0.379 e. The molecule has 0 fully saturated rings. The minimum absolute atomic E-state index is 0.350. The molecule has 15 heavy (non-hydrogen) atoms. The first-order valence-electron chi connectivity index (χ1n) is 6.25. The number of nitrogens with one attached hydrogen (secondary N) is 1. The van der Waals surface area contributed by atoms with Gasteiger partial charge in [-0.15, -0.1) is 0 Å². The lowest BCUT2D eigenvalue weighted by atomic mass is 9.96. The molecule has 2 unspecified atom stereocenters. The highest BCUT2D eigenvalue weighted by atomic mass is 16.5. The molecule has 0 saturated heterocycles. The summed E-state index contributed by atoms with van der Waals surface area (Å²) in [5, 5.41) is 3.50. The molecule has 0 bridgehead atoms. The summed E-state index contributed by atoms with van der Waals surface area (Å²) >= 11 is 0. The van der Waals surface area contributed by atoms with E-state index >= 15 is 0 Å². The lowest BCUT2D eigenvalue weighted by Gasteiger charge is -2.22. The van der Waals surface area contributed by atoms with E-state index in [1.165, 1.54) is 0 Å². The van der Waals surface area contributed by atoms with Crippen LogP contribution in [0.3, 0.4) is 0 Å². The largest absolute Gasteiger partial charge is 0.379 e. The quantitative estimate of drug-likeness (QED) is 0.672. The van der Waals surface area contributed by atoms with E-state index in [-0.39, 0.29) is 0 Å². The van der Waals surface area contributed by atoms with Gasteiger partial charge in [-0.25, -0.2) is 0 Å². The van der Waals surface area contributed by atoms with E-state index in [0.717, 1.165) is 25.6 Å². The predicted octanol–water partition coefficient (Wildman–Crippen LogP) is 2.93. The molecule has 0 aliphatic rings. The van der Waals surface area contributed by atoms with Crippen LogP contribution in [-0.2, 0) is 4.74 Å². The van der Waals surface area contributed by atoms with E-state index in [1.54, 1.807) is 0 Å². The minimum atomic E-state index is 0.350. The molecule has 0 aliphatic carbocycles. The molecule has 2 heteroatoms. The maximum Gasteiger partial charge on any atom is 0.0519 e. The van der Waals surface area contributed by atoms with Crippen molar-refractivity contribution < 1.29 is 4.74 Å². The molecule has 92 valence electrons. The molecule has 2 nitrogen and oxygen atoms in total. The fourth-order valence-electron chi connectivity index (χ4n) is 1.31. The standard InChI is InChI=1S/C13H29NO/c1-10(2)7-14-8-12(5)13(6)9-15-11(3)4/h10-14H,7-9H2,1-6H3. The van der Waals surface area contributed by atoms with Gasteiger partial charge in [-0.3, -0.25) is 0 Å². The van der Waals surface area contributed by atoms with Gasteiger partial charge in [0.1, 0.15) is 0 Å². The second-order valence-corrected chi connectivity index (χ2v) is 5.39. The summed E-state index contributed by atoms with van der Waals surface area (Å²) in [5.74, 6) is 2.05. The second kappa shape index (κ2) is 8.12. The lowest BCUT2D eigenvalue weighted by Crippen LogP contribution is -2.30. The van der Waals surface area contributed by atoms with Crippen molar-refractivity contribution in [2.24, 2.45) is 17.8 Å². The Morgan fingerprint density at radius 3 is 1.93 bits per heavy atom. The van der Waals surface area contributed by atoms with Crippen LogP contribution >= 0.6 is 0 Å². The van der Waals surface area contributed by atoms with Gasteiger partial charge in [0, 0.05) is 6.61 Å². The molecule has 0 aliphatic heterocycles. The van der Waals surface area contributed by atoms with Gasteiger partial charge < -0.3 is 10.1 Å². The molecule has 1 N–H and O–H groups in total. The molecule has 0 radical (unpaired) electrons. The van der Waals surface area contributed by atoms with E-state index in [4.69, 9.17) is 4.74 Å². The van der Waals surface area contributed by atoms with E-state index in [1.807, 2.05) is 0 Å². The average Bonchev–Trinajstić information content (AvgIpc) is 2.13. The van der Waals surface area contributed by atoms with Crippen LogP contribution in [0, 0.1) is 17.8 Å². The Labute approximate surface area is 95.8 Å². The Morgan fingerprint density at radius 1 is 0.867 bits per heavy atom. The highest BCUT2D eigenvalue weighted by Gasteiger charge is 2.12. The Hall–Kier alpha value is -0.0800. The van der Waals surface area contributed by atoms with Gasteiger partial charge in [-0.1, -0.05) is 27.7 Å². The summed E-state index contributed by atoms with van der Waals surface area (Å²) in [7, 11) is 0. The van der Waals surface area contributed by atoms with Gasteiger partial charge in [0.15, 0.2) is 0 Å². The third kappa shape index (κ3) is 8.88. The van der Waals surface area contributed by atoms with Crippen molar-refractivity contribution >= 4 is 0 Å². The fraction of sp³-hybridized carbons (Fsp3) is 1.00. The Balaban J connectivity index is 3.55. The highest BCUT2D eigenvalue weighted by Crippen LogP contribution is 2.11. The van der Waals surface area contributed by atoms with Crippen LogP contribution in [0.2, 0.25) is 0 Å². The molecule has 0 aromatic carbocycles. The molecular weight excluding hydrogens is 186 g/mol. The average molecular weight is 215 g/mol. The van der Waals surface area contributed by atoms with Gasteiger partial charge in [0.05, 0.1) is 6.10 Å². The first kappa shape index (κ1) is 14.9. The van der Waals surface area contributed by atoms with Gasteiger partial charge >= 0.3 is 0 Å². The van der Waals surface area contributed by atoms with E-state index < -0.39 is 0 Å². The summed E-state index contributed by atoms with van der Waals surface area (Å²) in [6, 6.07) is 0. The normalized spacial score (nSPS) is 16.0. The van der Waals surface area contributed by atoms with Gasteiger partial charge in [0.25, 0.3) is 0 Å². The van der Waals surface area contributed by atoms with Crippen LogP contribution in [0.5, 0.6) is 0 Å². The van der Waals surface area contributed by atoms with Crippen molar-refractivity contribution in [1.82, 2.24) is 5.32 Å². The van der Waals surface area contributed by atoms with Gasteiger partial charge in [-0.2, -0.15) is 0 Å². The predicted molar refractivity (Wildman–Crippen MR) is 67.1 cm³/mol. The monoisotopic (exact) mass is 215 g/mol. The van der Waals surface area contributed by atoms with Crippen LogP contribution in [0.4, 0.5) is 0 Å². The maximum absolute atomic E-state index is 5.62. The van der Waals surface area contributed by atoms with Gasteiger partial charge in [0.2, 0.25) is 0 Å². The summed E-state index contributed by atoms with van der Waals surface area (Å²) in [6.07, 6.45) is 0.350. The van der Waals surface area contributed by atoms with Crippen LogP contribution in [0.25, 0.3) is 0 Å². The number of hydrogen-bond donors (Lipinski definition) is 1. The summed E-state index contributed by atoms with van der Waals surface area (Å²) in [4.78, 5) is 0. The second-order valence-electron chi connectivity index (χ2n) is 5.39. The van der Waals surface area contributed by atoms with Crippen molar-refractivity contribution in [3.05, 3.63) is 0 Å². The Kier molecular flexibility index (Phi) is 8.07. The molecule has 0 amide bonds. The lowest BCUT2D eigenvalue weighted by molar-refractivity contribution is 0.0421. The van der Waals surface area contributed by atoms with Crippen LogP contribution in [0.1, 0.15) is 41.5 Å². The zero-order valence-electron chi connectivity index (χ0n) is 11.3. The van der Waals surface area contributed by atoms with Crippen molar-refractivity contribution in [2.75, 3.05) is 19.7 Å². The van der Waals surface area contributed by atoms with Crippen molar-refractivity contribution in [1.29, 1.82) is 0 Å². The third-order valence-corrected chi connectivity index (χ3v) is 2.68. The molecule has 0 aromatic rings. The molecular formula is C13H29NO. The van der Waals surface area contributed by atoms with Crippen molar-refractivity contribution in [2.45, 2.75) is 47.6 Å². The summed E-state index contributed by atoms with van der Waals surface area (Å²) in [6.45, 7) is 16.3. The Morgan fingerprint density at radius 2 is 1.47 bits per heavy atom. The van der Waals surface area contributed by atoms with E-state index in [2.05, 4.69) is 46.9 Å². The first-order valence-corrected chi connectivity index (χ1v) is 6.25. The molecule has 0 heterocycles. The molecule has 0 saturated carbocycles. The summed E-state index contributed by atoms with van der Waals surface area (Å²) < 4.78 is 5.62. The Bertz CT molecular complexity index is 145. The third-order valence-electron chi connectivity index (χ3n) is 2.68. The SMILES string of the molecule is CC(C)CNCC(C)C(C)COC(C)C. The van der Waals surface area contributed by atoms with Crippen molar-refractivity contribution in [3.8, 4) is 0 Å². The van der Waals surface area contributed by atoms with Crippen LogP contribution in [0.15, 0.2) is 0 Å². The zero-order chi connectivity index (χ0) is 11.8. The zero-order valence-corrected chi connectivity index (χ0v) is 11.3.